The fourth-order valence-electron chi connectivity index (χ4n) is 1.75. The highest BCUT2D eigenvalue weighted by Gasteiger charge is 2.28. The number of carboxylic acid groups (broad SMARTS) is 1. The molecule has 0 spiro atoms. The average Bonchev–Trinajstić information content (AvgIpc) is 2.92. The molecule has 2 amide bonds. The van der Waals surface area contributed by atoms with Crippen molar-refractivity contribution in [2.24, 2.45) is 0 Å². The number of morpholine rings is 1. The van der Waals surface area contributed by atoms with Gasteiger partial charge in [0, 0.05) is 31.1 Å². The molecule has 0 saturated carbocycles. The van der Waals surface area contributed by atoms with E-state index in [-0.39, 0.29) is 19.2 Å². The number of nitrogens with zero attached hydrogens (tertiary/aromatic N) is 2. The van der Waals surface area contributed by atoms with E-state index in [2.05, 4.69) is 10.3 Å². The normalized spacial score (nSPS) is 19.2. The smallest absolute Gasteiger partial charge is 0.334 e. The molecule has 2 N–H and O–H groups in total. The van der Waals surface area contributed by atoms with Crippen molar-refractivity contribution < 1.29 is 19.4 Å². The lowest BCUT2D eigenvalue weighted by Crippen LogP contribution is -2.52. The number of rotatable bonds is 4. The van der Waals surface area contributed by atoms with Crippen LogP contribution >= 0.6 is 11.3 Å². The van der Waals surface area contributed by atoms with E-state index < -0.39 is 12.1 Å². The van der Waals surface area contributed by atoms with Crippen LogP contribution in [0.4, 0.5) is 4.79 Å². The number of hydrogen-bond acceptors (Lipinski definition) is 5. The largest absolute Gasteiger partial charge is 0.479 e. The van der Waals surface area contributed by atoms with Crippen LogP contribution in [0.3, 0.4) is 0 Å². The first-order valence-electron chi connectivity index (χ1n) is 5.92. The van der Waals surface area contributed by atoms with Crippen molar-refractivity contribution in [2.45, 2.75) is 12.5 Å². The number of ether oxygens (including phenoxy) is 1. The number of aromatic nitrogens is 1. The van der Waals surface area contributed by atoms with Gasteiger partial charge in [0.05, 0.1) is 18.2 Å². The molecule has 8 heteroatoms. The Morgan fingerprint density at radius 3 is 3.16 bits per heavy atom. The van der Waals surface area contributed by atoms with Gasteiger partial charge in [-0.3, -0.25) is 0 Å². The molecule has 1 aliphatic rings. The highest BCUT2D eigenvalue weighted by molar-refractivity contribution is 7.09. The highest BCUT2D eigenvalue weighted by atomic mass is 32.1. The van der Waals surface area contributed by atoms with Gasteiger partial charge in [-0.15, -0.1) is 11.3 Å². The van der Waals surface area contributed by atoms with E-state index in [0.717, 1.165) is 5.01 Å². The van der Waals surface area contributed by atoms with Crippen LogP contribution in [0.2, 0.25) is 0 Å². The molecule has 2 rings (SSSR count). The summed E-state index contributed by atoms with van der Waals surface area (Å²) in [6, 6.07) is -0.258. The van der Waals surface area contributed by atoms with Crippen molar-refractivity contribution in [3.8, 4) is 0 Å². The maximum absolute atomic E-state index is 11.8. The third-order valence-corrected chi connectivity index (χ3v) is 3.57. The Bertz CT molecular complexity index is 437. The van der Waals surface area contributed by atoms with Crippen LogP contribution in [0.25, 0.3) is 0 Å². The maximum atomic E-state index is 11.8. The van der Waals surface area contributed by atoms with Crippen molar-refractivity contribution in [1.29, 1.82) is 0 Å². The molecule has 0 aromatic carbocycles. The molecule has 1 fully saturated rings. The number of thiazole rings is 1. The summed E-state index contributed by atoms with van der Waals surface area (Å²) < 4.78 is 5.05. The Morgan fingerprint density at radius 1 is 1.63 bits per heavy atom. The summed E-state index contributed by atoms with van der Waals surface area (Å²) in [5.74, 6) is -1.04. The standard InChI is InChI=1S/C11H15N3O4S/c15-10(16)8-7-14(4-5-18-8)11(17)13-2-1-9-12-3-6-19-9/h3,6,8H,1-2,4-5,7H2,(H,13,17)(H,15,16). The SMILES string of the molecule is O=C(O)C1CN(C(=O)NCCc2nccs2)CCO1. The molecule has 104 valence electrons. The molecule has 0 bridgehead atoms. The van der Waals surface area contributed by atoms with Crippen LogP contribution in [-0.2, 0) is 16.0 Å². The van der Waals surface area contributed by atoms with E-state index in [0.29, 0.717) is 19.5 Å². The zero-order valence-corrected chi connectivity index (χ0v) is 11.1. The monoisotopic (exact) mass is 285 g/mol. The molecule has 1 saturated heterocycles. The molecule has 1 atom stereocenters. The number of urea groups is 1. The second kappa shape index (κ2) is 6.48. The Hall–Kier alpha value is -1.67. The number of carbonyl (C=O) groups excluding carboxylic acids is 1. The van der Waals surface area contributed by atoms with Gasteiger partial charge in [-0.2, -0.15) is 0 Å². The van der Waals surface area contributed by atoms with Crippen molar-refractivity contribution in [3.05, 3.63) is 16.6 Å². The van der Waals surface area contributed by atoms with Crippen LogP contribution in [0.5, 0.6) is 0 Å². The van der Waals surface area contributed by atoms with Crippen LogP contribution in [-0.4, -0.2) is 59.3 Å². The van der Waals surface area contributed by atoms with E-state index >= 15 is 0 Å². The molecular weight excluding hydrogens is 270 g/mol. The van der Waals surface area contributed by atoms with Gasteiger partial charge in [0.2, 0.25) is 0 Å². The fourth-order valence-corrected chi connectivity index (χ4v) is 2.37. The molecule has 1 aromatic heterocycles. The Labute approximate surface area is 114 Å². The summed E-state index contributed by atoms with van der Waals surface area (Å²) in [4.78, 5) is 28.2. The van der Waals surface area contributed by atoms with Crippen LogP contribution in [0.1, 0.15) is 5.01 Å². The number of amides is 2. The lowest BCUT2D eigenvalue weighted by atomic mass is 10.3. The van der Waals surface area contributed by atoms with Crippen LogP contribution in [0, 0.1) is 0 Å². The number of carboxylic acids is 1. The number of nitrogens with one attached hydrogen (secondary N) is 1. The van der Waals surface area contributed by atoms with E-state index in [1.807, 2.05) is 5.38 Å². The first-order valence-corrected chi connectivity index (χ1v) is 6.80. The summed E-state index contributed by atoms with van der Waals surface area (Å²) in [5, 5.41) is 14.5. The van der Waals surface area contributed by atoms with Gasteiger partial charge >= 0.3 is 12.0 Å². The predicted molar refractivity (Wildman–Crippen MR) is 68.2 cm³/mol. The third kappa shape index (κ3) is 3.90. The third-order valence-electron chi connectivity index (χ3n) is 2.73. The number of carbonyl (C=O) groups is 2. The number of hydrogen-bond donors (Lipinski definition) is 2. The molecular formula is C11H15N3O4S. The van der Waals surface area contributed by atoms with E-state index in [1.165, 1.54) is 4.90 Å². The van der Waals surface area contributed by atoms with Gasteiger partial charge in [0.15, 0.2) is 6.10 Å². The van der Waals surface area contributed by atoms with Crippen molar-refractivity contribution in [1.82, 2.24) is 15.2 Å². The molecule has 7 nitrogen and oxygen atoms in total. The van der Waals surface area contributed by atoms with Crippen LogP contribution < -0.4 is 5.32 Å². The minimum Gasteiger partial charge on any atom is -0.479 e. The molecule has 2 heterocycles. The maximum Gasteiger partial charge on any atom is 0.334 e. The van der Waals surface area contributed by atoms with Crippen molar-refractivity contribution in [2.75, 3.05) is 26.2 Å². The van der Waals surface area contributed by atoms with E-state index in [9.17, 15) is 9.59 Å². The molecule has 1 aliphatic heterocycles. The summed E-state index contributed by atoms with van der Waals surface area (Å²) in [6.07, 6.45) is 1.47. The number of aliphatic carboxylic acids is 1. The first-order chi connectivity index (χ1) is 9.16. The van der Waals surface area contributed by atoms with Crippen molar-refractivity contribution in [3.63, 3.8) is 0 Å². The summed E-state index contributed by atoms with van der Waals surface area (Å²) in [6.45, 7) is 1.23. The Kier molecular flexibility index (Phi) is 4.69. The lowest BCUT2D eigenvalue weighted by molar-refractivity contribution is -0.154. The minimum absolute atomic E-state index is 0.0818. The molecule has 19 heavy (non-hydrogen) atoms. The molecule has 1 aromatic rings. The predicted octanol–water partition coefficient (Wildman–Crippen LogP) is 0.181. The van der Waals surface area contributed by atoms with Crippen LogP contribution in [0.15, 0.2) is 11.6 Å². The summed E-state index contributed by atoms with van der Waals surface area (Å²) in [7, 11) is 0. The van der Waals surface area contributed by atoms with Gasteiger partial charge in [0.25, 0.3) is 0 Å². The Balaban J connectivity index is 1.74. The van der Waals surface area contributed by atoms with Crippen molar-refractivity contribution >= 4 is 23.3 Å². The van der Waals surface area contributed by atoms with Gasteiger partial charge in [-0.1, -0.05) is 0 Å². The van der Waals surface area contributed by atoms with Gasteiger partial charge in [-0.05, 0) is 0 Å². The second-order valence-electron chi connectivity index (χ2n) is 4.05. The zero-order valence-electron chi connectivity index (χ0n) is 10.2. The highest BCUT2D eigenvalue weighted by Crippen LogP contribution is 2.06. The Morgan fingerprint density at radius 2 is 2.47 bits per heavy atom. The van der Waals surface area contributed by atoms with E-state index in [4.69, 9.17) is 9.84 Å². The average molecular weight is 285 g/mol. The first kappa shape index (κ1) is 13.8. The summed E-state index contributed by atoms with van der Waals surface area (Å²) in [5.41, 5.74) is 0. The van der Waals surface area contributed by atoms with Gasteiger partial charge in [0.1, 0.15) is 0 Å². The summed E-state index contributed by atoms with van der Waals surface area (Å²) >= 11 is 1.54. The van der Waals surface area contributed by atoms with E-state index in [1.54, 1.807) is 17.5 Å². The molecule has 0 aliphatic carbocycles. The molecule has 0 radical (unpaired) electrons. The quantitative estimate of drug-likeness (QED) is 0.823. The van der Waals surface area contributed by atoms with Gasteiger partial charge < -0.3 is 20.1 Å². The topological polar surface area (TPSA) is 91.8 Å². The lowest BCUT2D eigenvalue weighted by Gasteiger charge is -2.30. The second-order valence-corrected chi connectivity index (χ2v) is 5.03. The zero-order chi connectivity index (χ0) is 13.7. The molecule has 1 unspecified atom stereocenters. The fraction of sp³-hybridized carbons (Fsp3) is 0.545. The van der Waals surface area contributed by atoms with Gasteiger partial charge in [-0.25, -0.2) is 14.6 Å². The minimum atomic E-state index is -1.04.